The molecule has 0 spiro atoms. The molecule has 0 fully saturated rings. The topological polar surface area (TPSA) is 74.2 Å². The minimum atomic E-state index is -0.439. The summed E-state index contributed by atoms with van der Waals surface area (Å²) in [4.78, 5) is 4.31. The molecule has 1 aromatic heterocycles. The van der Waals surface area contributed by atoms with Gasteiger partial charge >= 0.3 is 0 Å². The van der Waals surface area contributed by atoms with Crippen LogP contribution in [-0.4, -0.2) is 16.7 Å². The van der Waals surface area contributed by atoms with Crippen LogP contribution in [-0.2, 0) is 10.3 Å². The van der Waals surface area contributed by atoms with E-state index in [4.69, 9.17) is 15.0 Å². The molecule has 0 aliphatic rings. The summed E-state index contributed by atoms with van der Waals surface area (Å²) in [6, 6.07) is -0.241. The zero-order valence-electron chi connectivity index (χ0n) is 10.5. The molecule has 0 amide bonds. The van der Waals surface area contributed by atoms with Crippen molar-refractivity contribution in [2.45, 2.75) is 52.2 Å². The molecule has 0 saturated heterocycles. The predicted molar refractivity (Wildman–Crippen MR) is 60.8 cm³/mol. The number of ether oxygens (including phenoxy) is 1. The number of rotatable bonds is 6. The third-order valence-corrected chi connectivity index (χ3v) is 2.80. The molecule has 0 aliphatic carbocycles. The number of aromatic nitrogens is 2. The molecule has 5 heteroatoms. The highest BCUT2D eigenvalue weighted by atomic mass is 16.5. The van der Waals surface area contributed by atoms with Crippen LogP contribution < -0.4 is 5.73 Å². The van der Waals surface area contributed by atoms with Crippen LogP contribution in [0.3, 0.4) is 0 Å². The van der Waals surface area contributed by atoms with Gasteiger partial charge in [-0.2, -0.15) is 4.98 Å². The van der Waals surface area contributed by atoms with Crippen LogP contribution in [0.1, 0.15) is 58.3 Å². The lowest BCUT2D eigenvalue weighted by Gasteiger charge is -2.27. The van der Waals surface area contributed by atoms with Crippen molar-refractivity contribution < 1.29 is 9.26 Å². The Kier molecular flexibility index (Phi) is 4.44. The molecule has 0 aliphatic heterocycles. The van der Waals surface area contributed by atoms with E-state index in [1.807, 2.05) is 13.8 Å². The second-order valence-corrected chi connectivity index (χ2v) is 3.88. The van der Waals surface area contributed by atoms with Gasteiger partial charge in [0.1, 0.15) is 5.60 Å². The van der Waals surface area contributed by atoms with Gasteiger partial charge in [-0.1, -0.05) is 19.0 Å². The smallest absolute Gasteiger partial charge is 0.243 e. The fourth-order valence-electron chi connectivity index (χ4n) is 1.72. The van der Waals surface area contributed by atoms with Crippen molar-refractivity contribution in [2.75, 3.05) is 6.61 Å². The number of hydrogen-bond donors (Lipinski definition) is 1. The van der Waals surface area contributed by atoms with Crippen molar-refractivity contribution in [1.82, 2.24) is 10.1 Å². The van der Waals surface area contributed by atoms with E-state index < -0.39 is 5.60 Å². The van der Waals surface area contributed by atoms with E-state index in [0.717, 1.165) is 12.8 Å². The molecule has 0 unspecified atom stereocenters. The van der Waals surface area contributed by atoms with Gasteiger partial charge in [0.25, 0.3) is 0 Å². The van der Waals surface area contributed by atoms with Crippen LogP contribution in [0.5, 0.6) is 0 Å². The maximum absolute atomic E-state index is 5.78. The summed E-state index contributed by atoms with van der Waals surface area (Å²) in [5.74, 6) is 1.06. The highest BCUT2D eigenvalue weighted by molar-refractivity contribution is 5.02. The summed E-state index contributed by atoms with van der Waals surface area (Å²) >= 11 is 0. The number of hydrogen-bond acceptors (Lipinski definition) is 5. The summed E-state index contributed by atoms with van der Waals surface area (Å²) in [6.07, 6.45) is 1.63. The van der Waals surface area contributed by atoms with Gasteiger partial charge in [-0.25, -0.2) is 0 Å². The molecule has 1 rings (SSSR count). The molecule has 0 bridgehead atoms. The van der Waals surface area contributed by atoms with Gasteiger partial charge in [0.05, 0.1) is 6.04 Å². The quantitative estimate of drug-likeness (QED) is 0.805. The zero-order valence-corrected chi connectivity index (χ0v) is 10.5. The van der Waals surface area contributed by atoms with Crippen LogP contribution in [0.2, 0.25) is 0 Å². The van der Waals surface area contributed by atoms with Crippen molar-refractivity contribution in [2.24, 2.45) is 5.73 Å². The van der Waals surface area contributed by atoms with Crippen molar-refractivity contribution in [3.8, 4) is 0 Å². The summed E-state index contributed by atoms with van der Waals surface area (Å²) in [6.45, 7) is 8.52. The van der Waals surface area contributed by atoms with E-state index in [1.54, 1.807) is 0 Å². The minimum Gasteiger partial charge on any atom is -0.367 e. The lowest BCUT2D eigenvalue weighted by Crippen LogP contribution is -2.30. The molecule has 16 heavy (non-hydrogen) atoms. The monoisotopic (exact) mass is 227 g/mol. The van der Waals surface area contributed by atoms with Crippen LogP contribution in [0.25, 0.3) is 0 Å². The van der Waals surface area contributed by atoms with Crippen molar-refractivity contribution >= 4 is 0 Å². The van der Waals surface area contributed by atoms with E-state index >= 15 is 0 Å². The standard InChI is InChI=1S/C11H21N3O2/c1-5-11(6-2,15-7-3)10-13-9(8(4)12)16-14-10/h8H,5-7,12H2,1-4H3/t8-/m0/s1. The first kappa shape index (κ1) is 13.1. The normalized spacial score (nSPS) is 14.1. The largest absolute Gasteiger partial charge is 0.367 e. The highest BCUT2D eigenvalue weighted by Crippen LogP contribution is 2.31. The third-order valence-electron chi connectivity index (χ3n) is 2.80. The van der Waals surface area contributed by atoms with Crippen molar-refractivity contribution in [3.05, 3.63) is 11.7 Å². The first-order valence-electron chi connectivity index (χ1n) is 5.83. The fourth-order valence-corrected chi connectivity index (χ4v) is 1.72. The first-order chi connectivity index (χ1) is 7.59. The molecule has 1 aromatic rings. The average molecular weight is 227 g/mol. The Bertz CT molecular complexity index is 319. The van der Waals surface area contributed by atoms with Crippen LogP contribution in [0.4, 0.5) is 0 Å². The Morgan fingerprint density at radius 2 is 2.00 bits per heavy atom. The van der Waals surface area contributed by atoms with Gasteiger partial charge < -0.3 is 15.0 Å². The zero-order chi connectivity index (χ0) is 12.2. The molecule has 2 N–H and O–H groups in total. The Hall–Kier alpha value is -0.940. The molecular formula is C11H21N3O2. The van der Waals surface area contributed by atoms with Crippen LogP contribution >= 0.6 is 0 Å². The maximum Gasteiger partial charge on any atom is 0.243 e. The average Bonchev–Trinajstić information content (AvgIpc) is 2.76. The van der Waals surface area contributed by atoms with Gasteiger partial charge in [-0.05, 0) is 26.7 Å². The van der Waals surface area contributed by atoms with E-state index in [-0.39, 0.29) is 6.04 Å². The van der Waals surface area contributed by atoms with E-state index in [0.29, 0.717) is 18.3 Å². The summed E-state index contributed by atoms with van der Waals surface area (Å²) < 4.78 is 10.9. The SMILES string of the molecule is CCOC(CC)(CC)c1noc([C@H](C)N)n1. The number of nitrogens with zero attached hydrogens (tertiary/aromatic N) is 2. The lowest BCUT2D eigenvalue weighted by atomic mass is 9.96. The van der Waals surface area contributed by atoms with Gasteiger partial charge in [0, 0.05) is 6.61 Å². The molecule has 92 valence electrons. The van der Waals surface area contributed by atoms with Crippen LogP contribution in [0, 0.1) is 0 Å². The summed E-state index contributed by atoms with van der Waals surface area (Å²) in [5, 5.41) is 3.98. The second kappa shape index (κ2) is 5.41. The van der Waals surface area contributed by atoms with Gasteiger partial charge in [0.15, 0.2) is 0 Å². The lowest BCUT2D eigenvalue weighted by molar-refractivity contribution is -0.0583. The van der Waals surface area contributed by atoms with E-state index in [1.165, 1.54) is 0 Å². The molecule has 5 nitrogen and oxygen atoms in total. The summed E-state index contributed by atoms with van der Waals surface area (Å²) in [5.41, 5.74) is 5.25. The molecule has 0 radical (unpaired) electrons. The first-order valence-corrected chi connectivity index (χ1v) is 5.83. The molecular weight excluding hydrogens is 206 g/mol. The van der Waals surface area contributed by atoms with E-state index in [9.17, 15) is 0 Å². The minimum absolute atomic E-state index is 0.241. The Morgan fingerprint density at radius 3 is 2.38 bits per heavy atom. The maximum atomic E-state index is 5.78. The Balaban J connectivity index is 3.00. The predicted octanol–water partition coefficient (Wildman–Crippen LogP) is 2.14. The third kappa shape index (κ3) is 2.41. The van der Waals surface area contributed by atoms with Crippen LogP contribution in [0.15, 0.2) is 4.52 Å². The summed E-state index contributed by atoms with van der Waals surface area (Å²) in [7, 11) is 0. The van der Waals surface area contributed by atoms with Crippen molar-refractivity contribution in [1.29, 1.82) is 0 Å². The van der Waals surface area contributed by atoms with Gasteiger partial charge in [0.2, 0.25) is 11.7 Å². The second-order valence-electron chi connectivity index (χ2n) is 3.88. The molecule has 0 aromatic carbocycles. The molecule has 1 atom stereocenters. The van der Waals surface area contributed by atoms with Crippen molar-refractivity contribution in [3.63, 3.8) is 0 Å². The Morgan fingerprint density at radius 1 is 1.38 bits per heavy atom. The molecule has 1 heterocycles. The fraction of sp³-hybridized carbons (Fsp3) is 0.818. The van der Waals surface area contributed by atoms with Gasteiger partial charge in [-0.3, -0.25) is 0 Å². The highest BCUT2D eigenvalue weighted by Gasteiger charge is 2.34. The molecule has 0 saturated carbocycles. The Labute approximate surface area is 96.4 Å². The van der Waals surface area contributed by atoms with Gasteiger partial charge in [-0.15, -0.1) is 0 Å². The van der Waals surface area contributed by atoms with E-state index in [2.05, 4.69) is 24.0 Å². The number of nitrogens with two attached hydrogens (primary N) is 1.